The lowest BCUT2D eigenvalue weighted by Gasteiger charge is -2.00. The number of fused-ring (bicyclic) bond motifs is 1. The second-order valence-electron chi connectivity index (χ2n) is 4.27. The molecule has 0 atom stereocenters. The SMILES string of the molecule is [2H]C([2H])([2H])n1c(=O)n(CC2CC2)c2cc(N)ncc21. The molecule has 5 heteroatoms. The second kappa shape index (κ2) is 3.10. The highest BCUT2D eigenvalue weighted by Gasteiger charge is 2.24. The molecule has 0 radical (unpaired) electrons. The molecule has 2 aromatic heterocycles. The Bertz CT molecular complexity index is 696. The number of pyridine rings is 1. The summed E-state index contributed by atoms with van der Waals surface area (Å²) < 4.78 is 24.8. The Morgan fingerprint density at radius 3 is 3.12 bits per heavy atom. The first-order valence-corrected chi connectivity index (χ1v) is 5.25. The minimum absolute atomic E-state index is 0.278. The lowest BCUT2D eigenvalue weighted by atomic mass is 10.3. The Morgan fingerprint density at radius 1 is 1.62 bits per heavy atom. The molecule has 1 aliphatic carbocycles. The Kier molecular flexibility index (Phi) is 1.31. The van der Waals surface area contributed by atoms with E-state index in [-0.39, 0.29) is 5.82 Å². The van der Waals surface area contributed by atoms with E-state index in [9.17, 15) is 4.79 Å². The van der Waals surface area contributed by atoms with Gasteiger partial charge in [-0.25, -0.2) is 9.78 Å². The van der Waals surface area contributed by atoms with Gasteiger partial charge >= 0.3 is 5.69 Å². The zero-order valence-electron chi connectivity index (χ0n) is 11.7. The molecule has 5 nitrogen and oxygen atoms in total. The number of rotatable bonds is 2. The van der Waals surface area contributed by atoms with Crippen LogP contribution in [-0.2, 0) is 13.5 Å². The zero-order chi connectivity index (χ0) is 13.8. The number of nitrogens with two attached hydrogens (primary N) is 1. The van der Waals surface area contributed by atoms with Crippen LogP contribution in [0.2, 0.25) is 0 Å². The highest BCUT2D eigenvalue weighted by atomic mass is 16.1. The molecule has 2 aromatic rings. The summed E-state index contributed by atoms with van der Waals surface area (Å²) in [6.07, 6.45) is 3.50. The lowest BCUT2D eigenvalue weighted by molar-refractivity contribution is 0.609. The van der Waals surface area contributed by atoms with Gasteiger partial charge in [-0.2, -0.15) is 0 Å². The Morgan fingerprint density at radius 2 is 2.44 bits per heavy atom. The molecular weight excluding hydrogens is 204 g/mol. The summed E-state index contributed by atoms with van der Waals surface area (Å²) in [5.41, 5.74) is 5.96. The van der Waals surface area contributed by atoms with Crippen molar-refractivity contribution in [3.63, 3.8) is 0 Å². The van der Waals surface area contributed by atoms with Gasteiger partial charge in [-0.3, -0.25) is 9.13 Å². The van der Waals surface area contributed by atoms with Crippen LogP contribution in [-0.4, -0.2) is 14.1 Å². The van der Waals surface area contributed by atoms with Gasteiger partial charge in [0.05, 0.1) is 17.2 Å². The number of anilines is 1. The van der Waals surface area contributed by atoms with Crippen molar-refractivity contribution in [3.8, 4) is 0 Å². The Balaban J connectivity index is 2.31. The molecule has 0 bridgehead atoms. The van der Waals surface area contributed by atoms with E-state index in [1.165, 1.54) is 10.8 Å². The fourth-order valence-corrected chi connectivity index (χ4v) is 1.90. The third kappa shape index (κ3) is 1.31. The van der Waals surface area contributed by atoms with Crippen molar-refractivity contribution < 1.29 is 4.11 Å². The van der Waals surface area contributed by atoms with Crippen molar-refractivity contribution in [1.82, 2.24) is 14.1 Å². The van der Waals surface area contributed by atoms with Crippen LogP contribution in [0.1, 0.15) is 17.0 Å². The standard InChI is InChI=1S/C11H14N4O/c1-14-9-5-13-10(12)4-8(9)15(11(14)16)6-7-2-3-7/h4-5,7H,2-3,6H2,1H3,(H2,12,13)/i1D3. The predicted octanol–water partition coefficient (Wildman–Crippen LogP) is 0.727. The summed E-state index contributed by atoms with van der Waals surface area (Å²) in [5, 5.41) is 0. The van der Waals surface area contributed by atoms with Crippen molar-refractivity contribution in [2.75, 3.05) is 5.73 Å². The molecule has 0 aromatic carbocycles. The van der Waals surface area contributed by atoms with Crippen LogP contribution in [0.4, 0.5) is 5.82 Å². The maximum absolute atomic E-state index is 12.3. The molecular formula is C11H14N4O. The first-order chi connectivity index (χ1) is 8.88. The summed E-state index contributed by atoms with van der Waals surface area (Å²) in [6, 6.07) is 1.56. The van der Waals surface area contributed by atoms with Crippen LogP contribution in [0, 0.1) is 5.92 Å². The number of hydrogen-bond donors (Lipinski definition) is 1. The summed E-state index contributed by atoms with van der Waals surface area (Å²) in [6.45, 7) is -1.97. The van der Waals surface area contributed by atoms with E-state index < -0.39 is 12.7 Å². The number of nitrogens with zero attached hydrogens (tertiary/aromatic N) is 3. The fraction of sp³-hybridized carbons (Fsp3) is 0.455. The third-order valence-corrected chi connectivity index (χ3v) is 2.97. The number of imidazole rings is 1. The monoisotopic (exact) mass is 221 g/mol. The topological polar surface area (TPSA) is 65.8 Å². The quantitative estimate of drug-likeness (QED) is 0.813. The molecule has 1 saturated carbocycles. The first-order valence-electron chi connectivity index (χ1n) is 6.75. The molecule has 2 heterocycles. The van der Waals surface area contributed by atoms with E-state index in [2.05, 4.69) is 4.98 Å². The van der Waals surface area contributed by atoms with Gasteiger partial charge in [0, 0.05) is 23.7 Å². The summed E-state index contributed by atoms with van der Waals surface area (Å²) in [5.74, 6) is 0.738. The van der Waals surface area contributed by atoms with E-state index in [0.717, 1.165) is 17.4 Å². The third-order valence-electron chi connectivity index (χ3n) is 2.97. The van der Waals surface area contributed by atoms with Crippen molar-refractivity contribution in [1.29, 1.82) is 0 Å². The van der Waals surface area contributed by atoms with Gasteiger partial charge in [0.1, 0.15) is 5.82 Å². The van der Waals surface area contributed by atoms with Gasteiger partial charge in [-0.05, 0) is 18.8 Å². The minimum Gasteiger partial charge on any atom is -0.384 e. The summed E-state index contributed by atoms with van der Waals surface area (Å²) in [7, 11) is 0. The van der Waals surface area contributed by atoms with Gasteiger partial charge in [0.2, 0.25) is 0 Å². The maximum atomic E-state index is 12.3. The summed E-state index contributed by atoms with van der Waals surface area (Å²) >= 11 is 0. The Hall–Kier alpha value is -1.78. The number of aromatic nitrogens is 3. The molecule has 0 spiro atoms. The molecule has 3 rings (SSSR count). The average Bonchev–Trinajstić information content (AvgIpc) is 3.05. The van der Waals surface area contributed by atoms with E-state index in [1.807, 2.05) is 0 Å². The maximum Gasteiger partial charge on any atom is 0.328 e. The molecule has 1 fully saturated rings. The minimum atomic E-state index is -2.51. The highest BCUT2D eigenvalue weighted by molar-refractivity contribution is 5.77. The number of hydrogen-bond acceptors (Lipinski definition) is 3. The van der Waals surface area contributed by atoms with Gasteiger partial charge in [0.25, 0.3) is 0 Å². The van der Waals surface area contributed by atoms with Gasteiger partial charge in [-0.1, -0.05) is 0 Å². The van der Waals surface area contributed by atoms with E-state index >= 15 is 0 Å². The van der Waals surface area contributed by atoms with Gasteiger partial charge in [-0.15, -0.1) is 0 Å². The van der Waals surface area contributed by atoms with E-state index in [4.69, 9.17) is 9.85 Å². The smallest absolute Gasteiger partial charge is 0.328 e. The fourth-order valence-electron chi connectivity index (χ4n) is 1.90. The molecule has 0 unspecified atom stereocenters. The number of aryl methyl sites for hydroxylation is 1. The van der Waals surface area contributed by atoms with Crippen molar-refractivity contribution in [2.24, 2.45) is 12.9 Å². The van der Waals surface area contributed by atoms with Crippen LogP contribution in [0.25, 0.3) is 11.0 Å². The lowest BCUT2D eigenvalue weighted by Crippen LogP contribution is -2.22. The normalized spacial score (nSPS) is 19.4. The van der Waals surface area contributed by atoms with Crippen LogP contribution in [0.5, 0.6) is 0 Å². The van der Waals surface area contributed by atoms with Crippen molar-refractivity contribution in [3.05, 3.63) is 22.7 Å². The molecule has 0 saturated heterocycles. The second-order valence-corrected chi connectivity index (χ2v) is 4.27. The first kappa shape index (κ1) is 6.73. The van der Waals surface area contributed by atoms with E-state index in [0.29, 0.717) is 23.5 Å². The van der Waals surface area contributed by atoms with Gasteiger partial charge < -0.3 is 5.73 Å². The molecule has 2 N–H and O–H groups in total. The zero-order valence-corrected chi connectivity index (χ0v) is 8.68. The van der Waals surface area contributed by atoms with Crippen LogP contribution >= 0.6 is 0 Å². The molecule has 1 aliphatic rings. The number of nitrogen functional groups attached to an aromatic ring is 1. The van der Waals surface area contributed by atoms with Crippen molar-refractivity contribution >= 4 is 16.9 Å². The summed E-state index contributed by atoms with van der Waals surface area (Å²) in [4.78, 5) is 16.2. The van der Waals surface area contributed by atoms with E-state index in [1.54, 1.807) is 6.07 Å². The molecule has 0 amide bonds. The largest absolute Gasteiger partial charge is 0.384 e. The van der Waals surface area contributed by atoms with Crippen LogP contribution in [0.3, 0.4) is 0 Å². The Labute approximate surface area is 96.7 Å². The average molecular weight is 221 g/mol. The van der Waals surface area contributed by atoms with Crippen LogP contribution in [0.15, 0.2) is 17.1 Å². The van der Waals surface area contributed by atoms with Crippen LogP contribution < -0.4 is 11.4 Å². The van der Waals surface area contributed by atoms with Gasteiger partial charge in [0.15, 0.2) is 0 Å². The molecule has 84 valence electrons. The molecule has 0 aliphatic heterocycles. The highest BCUT2D eigenvalue weighted by Crippen LogP contribution is 2.31. The molecule has 16 heavy (non-hydrogen) atoms. The van der Waals surface area contributed by atoms with Crippen molar-refractivity contribution in [2.45, 2.75) is 19.4 Å². The predicted molar refractivity (Wildman–Crippen MR) is 62.1 cm³/mol.